The van der Waals surface area contributed by atoms with Crippen LogP contribution in [0.15, 0.2) is 41.7 Å². The van der Waals surface area contributed by atoms with Crippen LogP contribution in [0.2, 0.25) is 0 Å². The van der Waals surface area contributed by atoms with Crippen molar-refractivity contribution in [1.29, 1.82) is 0 Å². The number of hydrogen-bond acceptors (Lipinski definition) is 5. The van der Waals surface area contributed by atoms with Gasteiger partial charge in [0, 0.05) is 18.2 Å². The second-order valence-corrected chi connectivity index (χ2v) is 7.92. The molecule has 1 aromatic carbocycles. The summed E-state index contributed by atoms with van der Waals surface area (Å²) < 4.78 is 17.9. The van der Waals surface area contributed by atoms with Gasteiger partial charge in [-0.2, -0.15) is 5.10 Å². The van der Waals surface area contributed by atoms with Crippen LogP contribution >= 0.6 is 11.8 Å². The average Bonchev–Trinajstić information content (AvgIpc) is 3.24. The van der Waals surface area contributed by atoms with Crippen molar-refractivity contribution >= 4 is 23.5 Å². The molecule has 0 aliphatic heterocycles. The Morgan fingerprint density at radius 2 is 2.07 bits per heavy atom. The molecule has 0 radical (unpaired) electrons. The summed E-state index contributed by atoms with van der Waals surface area (Å²) in [6, 6.07) is 8.73. The number of carbonyl (C=O) groups is 1. The molecule has 0 saturated heterocycles. The molecule has 0 spiro atoms. The highest BCUT2D eigenvalue weighted by atomic mass is 32.2. The number of hydrogen-bond donors (Lipinski definition) is 1. The van der Waals surface area contributed by atoms with Gasteiger partial charge in [0.1, 0.15) is 11.6 Å². The quantitative estimate of drug-likeness (QED) is 0.608. The van der Waals surface area contributed by atoms with Crippen molar-refractivity contribution in [3.8, 4) is 11.4 Å². The van der Waals surface area contributed by atoms with Crippen molar-refractivity contribution in [2.75, 3.05) is 11.1 Å². The first-order valence-electron chi connectivity index (χ1n) is 9.20. The van der Waals surface area contributed by atoms with Crippen molar-refractivity contribution in [3.05, 3.63) is 42.3 Å². The maximum atomic E-state index is 14.2. The molecule has 0 atom stereocenters. The van der Waals surface area contributed by atoms with Gasteiger partial charge in [-0.1, -0.05) is 23.9 Å². The van der Waals surface area contributed by atoms with Gasteiger partial charge in [0.25, 0.3) is 0 Å². The van der Waals surface area contributed by atoms with Gasteiger partial charge in [-0.3, -0.25) is 9.36 Å². The maximum absolute atomic E-state index is 14.2. The zero-order chi connectivity index (χ0) is 19.7. The van der Waals surface area contributed by atoms with Crippen molar-refractivity contribution in [3.63, 3.8) is 0 Å². The molecule has 146 valence electrons. The van der Waals surface area contributed by atoms with E-state index in [1.54, 1.807) is 35.1 Å². The molecule has 3 aromatic rings. The minimum absolute atomic E-state index is 0.148. The molecular formula is C19H21FN6OS. The predicted octanol–water partition coefficient (Wildman–Crippen LogP) is 3.93. The van der Waals surface area contributed by atoms with Gasteiger partial charge in [-0.15, -0.1) is 10.2 Å². The van der Waals surface area contributed by atoms with Crippen molar-refractivity contribution in [1.82, 2.24) is 24.5 Å². The number of rotatable bonds is 7. The van der Waals surface area contributed by atoms with E-state index in [1.807, 2.05) is 18.4 Å². The Labute approximate surface area is 166 Å². The summed E-state index contributed by atoms with van der Waals surface area (Å²) >= 11 is 1.31. The minimum Gasteiger partial charge on any atom is -0.310 e. The molecule has 4 rings (SSSR count). The van der Waals surface area contributed by atoms with Gasteiger partial charge < -0.3 is 5.32 Å². The Balaban J connectivity index is 1.49. The summed E-state index contributed by atoms with van der Waals surface area (Å²) in [5.74, 6) is 0.890. The fourth-order valence-corrected chi connectivity index (χ4v) is 3.80. The Kier molecular flexibility index (Phi) is 5.17. The van der Waals surface area contributed by atoms with E-state index in [-0.39, 0.29) is 29.6 Å². The first kappa shape index (κ1) is 18.7. The Morgan fingerprint density at radius 3 is 2.79 bits per heavy atom. The van der Waals surface area contributed by atoms with E-state index in [2.05, 4.69) is 20.6 Å². The summed E-state index contributed by atoms with van der Waals surface area (Å²) in [4.78, 5) is 12.4. The molecule has 0 bridgehead atoms. The van der Waals surface area contributed by atoms with Crippen LogP contribution in [0.1, 0.15) is 38.8 Å². The molecule has 9 heteroatoms. The number of amides is 1. The highest BCUT2D eigenvalue weighted by Gasteiger charge is 2.31. The van der Waals surface area contributed by atoms with Crippen LogP contribution in [0.25, 0.3) is 11.4 Å². The normalized spacial score (nSPS) is 13.9. The van der Waals surface area contributed by atoms with E-state index in [0.717, 1.165) is 12.8 Å². The number of nitrogens with one attached hydrogen (secondary N) is 1. The van der Waals surface area contributed by atoms with Crippen molar-refractivity contribution in [2.24, 2.45) is 0 Å². The number of nitrogens with zero attached hydrogens (tertiary/aromatic N) is 5. The van der Waals surface area contributed by atoms with Crippen LogP contribution in [0, 0.1) is 5.82 Å². The van der Waals surface area contributed by atoms with Gasteiger partial charge in [-0.05, 0) is 38.8 Å². The van der Waals surface area contributed by atoms with Crippen LogP contribution in [-0.4, -0.2) is 36.2 Å². The lowest BCUT2D eigenvalue weighted by molar-refractivity contribution is -0.113. The van der Waals surface area contributed by atoms with Crippen LogP contribution in [0.5, 0.6) is 0 Å². The number of benzene rings is 1. The smallest absolute Gasteiger partial charge is 0.235 e. The molecule has 1 amide bonds. The lowest BCUT2D eigenvalue weighted by Gasteiger charge is -2.12. The van der Waals surface area contributed by atoms with Crippen LogP contribution < -0.4 is 5.32 Å². The summed E-state index contributed by atoms with van der Waals surface area (Å²) in [5.41, 5.74) is 0.430. The van der Waals surface area contributed by atoms with Gasteiger partial charge in [0.15, 0.2) is 11.0 Å². The molecule has 1 fully saturated rings. The summed E-state index contributed by atoms with van der Waals surface area (Å²) in [6.07, 6.45) is 3.67. The molecule has 0 unspecified atom stereocenters. The average molecular weight is 400 g/mol. The first-order valence-corrected chi connectivity index (χ1v) is 10.2. The number of thioether (sulfide) groups is 1. The predicted molar refractivity (Wildman–Crippen MR) is 106 cm³/mol. The Bertz CT molecular complexity index is 994. The molecule has 7 nitrogen and oxygen atoms in total. The SMILES string of the molecule is CC(C)n1nccc1NC(=O)CSc1nnc(-c2ccccc2F)n1C1CC1. The standard InChI is InChI=1S/C19H21FN6OS/c1-12(2)26-16(9-10-21-26)22-17(27)11-28-19-24-23-18(25(19)13-7-8-13)14-5-3-4-6-15(14)20/h3-6,9-10,12-13H,7-8,11H2,1-2H3,(H,22,27). The third kappa shape index (κ3) is 3.80. The highest BCUT2D eigenvalue weighted by Crippen LogP contribution is 2.41. The van der Waals surface area contributed by atoms with E-state index in [9.17, 15) is 9.18 Å². The lowest BCUT2D eigenvalue weighted by atomic mass is 10.2. The van der Waals surface area contributed by atoms with E-state index < -0.39 is 0 Å². The van der Waals surface area contributed by atoms with Crippen LogP contribution in [0.3, 0.4) is 0 Å². The molecule has 2 aromatic heterocycles. The van der Waals surface area contributed by atoms with Crippen molar-refractivity contribution in [2.45, 2.75) is 43.9 Å². The fraction of sp³-hybridized carbons (Fsp3) is 0.368. The monoisotopic (exact) mass is 400 g/mol. The second kappa shape index (κ2) is 7.75. The third-order valence-corrected chi connectivity index (χ3v) is 5.39. The van der Waals surface area contributed by atoms with Crippen molar-refractivity contribution < 1.29 is 9.18 Å². The van der Waals surface area contributed by atoms with Gasteiger partial charge in [0.05, 0.1) is 17.5 Å². The zero-order valence-electron chi connectivity index (χ0n) is 15.7. The van der Waals surface area contributed by atoms with E-state index in [0.29, 0.717) is 22.4 Å². The molecule has 1 aliphatic rings. The summed E-state index contributed by atoms with van der Waals surface area (Å²) in [6.45, 7) is 4.00. The largest absolute Gasteiger partial charge is 0.310 e. The molecule has 1 N–H and O–H groups in total. The minimum atomic E-state index is -0.326. The summed E-state index contributed by atoms with van der Waals surface area (Å²) in [7, 11) is 0. The Hall–Kier alpha value is -2.68. The fourth-order valence-electron chi connectivity index (χ4n) is 3.00. The first-order chi connectivity index (χ1) is 13.5. The number of carbonyl (C=O) groups excluding carboxylic acids is 1. The summed E-state index contributed by atoms with van der Waals surface area (Å²) in [5, 5.41) is 16.1. The number of anilines is 1. The second-order valence-electron chi connectivity index (χ2n) is 6.98. The lowest BCUT2D eigenvalue weighted by Crippen LogP contribution is -2.18. The highest BCUT2D eigenvalue weighted by molar-refractivity contribution is 7.99. The molecule has 28 heavy (non-hydrogen) atoms. The van der Waals surface area contributed by atoms with Gasteiger partial charge >= 0.3 is 0 Å². The molecular weight excluding hydrogens is 379 g/mol. The Morgan fingerprint density at radius 1 is 1.29 bits per heavy atom. The molecule has 1 saturated carbocycles. The van der Waals surface area contributed by atoms with Crippen LogP contribution in [-0.2, 0) is 4.79 Å². The van der Waals surface area contributed by atoms with E-state index in [1.165, 1.54) is 17.8 Å². The van der Waals surface area contributed by atoms with Gasteiger partial charge in [0.2, 0.25) is 5.91 Å². The number of halogens is 1. The maximum Gasteiger partial charge on any atom is 0.235 e. The zero-order valence-corrected chi connectivity index (χ0v) is 16.5. The van der Waals surface area contributed by atoms with E-state index >= 15 is 0 Å². The van der Waals surface area contributed by atoms with Gasteiger partial charge in [-0.25, -0.2) is 9.07 Å². The third-order valence-electron chi connectivity index (χ3n) is 4.45. The molecule has 1 aliphatic carbocycles. The van der Waals surface area contributed by atoms with E-state index in [4.69, 9.17) is 0 Å². The topological polar surface area (TPSA) is 77.6 Å². The molecule has 2 heterocycles. The van der Waals surface area contributed by atoms with Crippen LogP contribution in [0.4, 0.5) is 10.2 Å². The number of aromatic nitrogens is 5.